The Kier molecular flexibility index (Phi) is 9.98. The van der Waals surface area contributed by atoms with Gasteiger partial charge in [-0.2, -0.15) is 0 Å². The van der Waals surface area contributed by atoms with Crippen LogP contribution in [0, 0.1) is 6.92 Å². The van der Waals surface area contributed by atoms with Gasteiger partial charge in [-0.3, -0.25) is 13.9 Å². The van der Waals surface area contributed by atoms with Gasteiger partial charge in [0.2, 0.25) is 11.8 Å². The van der Waals surface area contributed by atoms with Crippen LogP contribution in [-0.2, 0) is 26.0 Å². The first-order valence-electron chi connectivity index (χ1n) is 14.1. The number of nitrogens with zero attached hydrogens (tertiary/aromatic N) is 2. The van der Waals surface area contributed by atoms with Crippen molar-refractivity contribution in [3.63, 3.8) is 0 Å². The van der Waals surface area contributed by atoms with E-state index in [1.165, 1.54) is 16.4 Å². The zero-order valence-electron chi connectivity index (χ0n) is 23.3. The first-order chi connectivity index (χ1) is 19.3. The second-order valence-corrected chi connectivity index (χ2v) is 12.2. The Hall–Kier alpha value is -3.65. The van der Waals surface area contributed by atoms with Gasteiger partial charge in [0.15, 0.2) is 0 Å². The predicted molar refractivity (Wildman–Crippen MR) is 158 cm³/mol. The number of carbonyl (C=O) groups is 2. The normalized spacial score (nSPS) is 14.4. The van der Waals surface area contributed by atoms with E-state index in [1.807, 2.05) is 56.3 Å². The molecule has 0 radical (unpaired) electrons. The molecule has 1 atom stereocenters. The highest BCUT2D eigenvalue weighted by Gasteiger charge is 2.34. The standard InChI is InChI=1S/C32H39N3O4S/c1-3-29(32(37)33-27-17-11-12-18-27)34(23-22-26-15-6-4-7-16-26)31(36)24-35(30-21-13-10-14-25(30)2)40(38,39)28-19-8-5-9-20-28/h4-10,13-16,19-21,27,29H,3,11-12,17-18,22-24H2,1-2H3,(H,33,37)/t29-/m1/s1. The number of amides is 2. The minimum Gasteiger partial charge on any atom is -0.352 e. The summed E-state index contributed by atoms with van der Waals surface area (Å²) in [5.41, 5.74) is 2.21. The molecule has 0 saturated heterocycles. The van der Waals surface area contributed by atoms with Crippen molar-refractivity contribution in [2.45, 2.75) is 69.4 Å². The average molecular weight is 562 g/mol. The highest BCUT2D eigenvalue weighted by atomic mass is 32.2. The topological polar surface area (TPSA) is 86.8 Å². The summed E-state index contributed by atoms with van der Waals surface area (Å²) in [6.45, 7) is 3.60. The molecule has 3 aromatic carbocycles. The van der Waals surface area contributed by atoms with Crippen molar-refractivity contribution < 1.29 is 18.0 Å². The van der Waals surface area contributed by atoms with Crippen LogP contribution in [0.25, 0.3) is 0 Å². The van der Waals surface area contributed by atoms with Gasteiger partial charge < -0.3 is 10.2 Å². The van der Waals surface area contributed by atoms with E-state index < -0.39 is 28.5 Å². The summed E-state index contributed by atoms with van der Waals surface area (Å²) < 4.78 is 29.0. The van der Waals surface area contributed by atoms with E-state index in [0.29, 0.717) is 25.1 Å². The van der Waals surface area contributed by atoms with Crippen LogP contribution < -0.4 is 9.62 Å². The van der Waals surface area contributed by atoms with E-state index in [1.54, 1.807) is 35.2 Å². The number of para-hydroxylation sites is 1. The lowest BCUT2D eigenvalue weighted by Gasteiger charge is -2.34. The number of benzene rings is 3. The number of anilines is 1. The van der Waals surface area contributed by atoms with Gasteiger partial charge in [-0.1, -0.05) is 86.5 Å². The van der Waals surface area contributed by atoms with Gasteiger partial charge in [-0.25, -0.2) is 8.42 Å². The molecule has 212 valence electrons. The fourth-order valence-corrected chi connectivity index (χ4v) is 6.84. The Morgan fingerprint density at radius 1 is 0.900 bits per heavy atom. The molecule has 0 aliphatic heterocycles. The molecule has 4 rings (SSSR count). The fraction of sp³-hybridized carbons (Fsp3) is 0.375. The zero-order chi connectivity index (χ0) is 28.5. The van der Waals surface area contributed by atoms with Crippen molar-refractivity contribution >= 4 is 27.5 Å². The fourth-order valence-electron chi connectivity index (χ4n) is 5.34. The molecule has 1 saturated carbocycles. The summed E-state index contributed by atoms with van der Waals surface area (Å²) in [5.74, 6) is -0.587. The molecular weight excluding hydrogens is 522 g/mol. The Morgan fingerprint density at radius 2 is 1.50 bits per heavy atom. The first kappa shape index (κ1) is 29.3. The Morgan fingerprint density at radius 3 is 2.12 bits per heavy atom. The Labute approximate surface area is 238 Å². The molecule has 1 fully saturated rings. The minimum atomic E-state index is -4.06. The summed E-state index contributed by atoms with van der Waals surface area (Å²) >= 11 is 0. The average Bonchev–Trinajstić information content (AvgIpc) is 3.48. The van der Waals surface area contributed by atoms with Crippen LogP contribution in [0.3, 0.4) is 0 Å². The van der Waals surface area contributed by atoms with E-state index in [4.69, 9.17) is 0 Å². The quantitative estimate of drug-likeness (QED) is 0.333. The lowest BCUT2D eigenvalue weighted by Crippen LogP contribution is -2.54. The van der Waals surface area contributed by atoms with Crippen molar-refractivity contribution in [3.8, 4) is 0 Å². The molecule has 40 heavy (non-hydrogen) atoms. The third kappa shape index (κ3) is 7.10. The van der Waals surface area contributed by atoms with Crippen molar-refractivity contribution in [2.24, 2.45) is 0 Å². The Balaban J connectivity index is 1.67. The van der Waals surface area contributed by atoms with Crippen LogP contribution in [0.15, 0.2) is 89.8 Å². The van der Waals surface area contributed by atoms with E-state index in [-0.39, 0.29) is 16.8 Å². The number of rotatable bonds is 12. The number of aryl methyl sites for hydroxylation is 1. The van der Waals surface area contributed by atoms with Crippen molar-refractivity contribution in [3.05, 3.63) is 96.1 Å². The molecule has 0 spiro atoms. The third-order valence-corrected chi connectivity index (χ3v) is 9.34. The van der Waals surface area contributed by atoms with Gasteiger partial charge in [-0.05, 0) is 61.9 Å². The van der Waals surface area contributed by atoms with Crippen LogP contribution in [0.5, 0.6) is 0 Å². The van der Waals surface area contributed by atoms with Gasteiger partial charge in [0, 0.05) is 12.6 Å². The molecule has 2 amide bonds. The van der Waals surface area contributed by atoms with Crippen LogP contribution in [0.4, 0.5) is 5.69 Å². The molecular formula is C32H39N3O4S. The summed E-state index contributed by atoms with van der Waals surface area (Å²) in [4.78, 5) is 29.3. The first-order valence-corrected chi connectivity index (χ1v) is 15.5. The predicted octanol–water partition coefficient (Wildman–Crippen LogP) is 5.10. The zero-order valence-corrected chi connectivity index (χ0v) is 24.1. The van der Waals surface area contributed by atoms with E-state index in [2.05, 4.69) is 5.32 Å². The minimum absolute atomic E-state index is 0.105. The van der Waals surface area contributed by atoms with Crippen molar-refractivity contribution in [1.82, 2.24) is 10.2 Å². The number of hydrogen-bond acceptors (Lipinski definition) is 4. The van der Waals surface area contributed by atoms with Crippen molar-refractivity contribution in [2.75, 3.05) is 17.4 Å². The van der Waals surface area contributed by atoms with E-state index in [9.17, 15) is 18.0 Å². The summed E-state index contributed by atoms with van der Waals surface area (Å²) in [6, 6.07) is 24.5. The smallest absolute Gasteiger partial charge is 0.264 e. The summed E-state index contributed by atoms with van der Waals surface area (Å²) in [5, 5.41) is 3.15. The number of sulfonamides is 1. The maximum Gasteiger partial charge on any atom is 0.264 e. The molecule has 3 aromatic rings. The molecule has 0 bridgehead atoms. The van der Waals surface area contributed by atoms with Gasteiger partial charge >= 0.3 is 0 Å². The Bertz CT molecular complexity index is 1370. The number of hydrogen-bond donors (Lipinski definition) is 1. The molecule has 1 aliphatic carbocycles. The molecule has 8 heteroatoms. The molecule has 0 unspecified atom stereocenters. The van der Waals surface area contributed by atoms with Crippen LogP contribution >= 0.6 is 0 Å². The number of nitrogens with one attached hydrogen (secondary N) is 1. The highest BCUT2D eigenvalue weighted by Crippen LogP contribution is 2.27. The van der Waals surface area contributed by atoms with Gasteiger partial charge in [0.1, 0.15) is 12.6 Å². The molecule has 7 nitrogen and oxygen atoms in total. The van der Waals surface area contributed by atoms with Crippen LogP contribution in [-0.4, -0.2) is 50.3 Å². The monoisotopic (exact) mass is 561 g/mol. The summed E-state index contributed by atoms with van der Waals surface area (Å²) in [7, 11) is -4.06. The maximum absolute atomic E-state index is 14.1. The van der Waals surface area contributed by atoms with Crippen LogP contribution in [0.1, 0.15) is 50.2 Å². The molecule has 1 N–H and O–H groups in total. The van der Waals surface area contributed by atoms with Gasteiger partial charge in [0.25, 0.3) is 10.0 Å². The molecule has 0 aromatic heterocycles. The van der Waals surface area contributed by atoms with Crippen molar-refractivity contribution in [1.29, 1.82) is 0 Å². The van der Waals surface area contributed by atoms with Gasteiger partial charge in [0.05, 0.1) is 10.6 Å². The molecule has 1 aliphatic rings. The van der Waals surface area contributed by atoms with E-state index in [0.717, 1.165) is 36.8 Å². The maximum atomic E-state index is 14.1. The SMILES string of the molecule is CC[C@H](C(=O)NC1CCCC1)N(CCc1ccccc1)C(=O)CN(c1ccccc1C)S(=O)(=O)c1ccccc1. The van der Waals surface area contributed by atoms with Gasteiger partial charge in [-0.15, -0.1) is 0 Å². The van der Waals surface area contributed by atoms with E-state index >= 15 is 0 Å². The lowest BCUT2D eigenvalue weighted by molar-refractivity contribution is -0.139. The highest BCUT2D eigenvalue weighted by molar-refractivity contribution is 7.92. The molecule has 0 heterocycles. The van der Waals surface area contributed by atoms with Crippen LogP contribution in [0.2, 0.25) is 0 Å². The second-order valence-electron chi connectivity index (χ2n) is 10.3. The largest absolute Gasteiger partial charge is 0.352 e. The number of carbonyl (C=O) groups excluding carboxylic acids is 2. The summed E-state index contributed by atoms with van der Waals surface area (Å²) in [6.07, 6.45) is 5.03. The third-order valence-electron chi connectivity index (χ3n) is 7.57. The lowest BCUT2D eigenvalue weighted by atomic mass is 10.1. The second kappa shape index (κ2) is 13.6.